The van der Waals surface area contributed by atoms with E-state index in [0.29, 0.717) is 45.2 Å². The second-order valence-corrected chi connectivity index (χ2v) is 14.6. The van der Waals surface area contributed by atoms with Crippen LogP contribution in [0.2, 0.25) is 0 Å². The van der Waals surface area contributed by atoms with Crippen molar-refractivity contribution in [1.82, 2.24) is 35.4 Å². The highest BCUT2D eigenvalue weighted by atomic mass is 32.2. The largest absolute Gasteiger partial charge is 0.448 e. The molecular formula is C32H30N8O5S4. The molecule has 49 heavy (non-hydrogen) atoms. The van der Waals surface area contributed by atoms with Crippen molar-refractivity contribution in [3.8, 4) is 0 Å². The van der Waals surface area contributed by atoms with Crippen molar-refractivity contribution in [3.05, 3.63) is 99.5 Å². The molecule has 1 fully saturated rings. The number of amides is 3. The van der Waals surface area contributed by atoms with E-state index in [1.165, 1.54) is 56.2 Å². The minimum Gasteiger partial charge on any atom is -0.448 e. The van der Waals surface area contributed by atoms with Gasteiger partial charge in [0.1, 0.15) is 17.1 Å². The van der Waals surface area contributed by atoms with Crippen LogP contribution in [0.15, 0.2) is 87.9 Å². The van der Waals surface area contributed by atoms with Crippen LogP contribution in [0.25, 0.3) is 5.57 Å². The summed E-state index contributed by atoms with van der Waals surface area (Å²) in [5.74, 6) is -0.108. The van der Waals surface area contributed by atoms with Crippen molar-refractivity contribution in [2.24, 2.45) is 7.05 Å². The lowest BCUT2D eigenvalue weighted by Gasteiger charge is -2.49. The van der Waals surface area contributed by atoms with Crippen LogP contribution in [0, 0.1) is 0 Å². The summed E-state index contributed by atoms with van der Waals surface area (Å²) < 4.78 is 7.77. The summed E-state index contributed by atoms with van der Waals surface area (Å²) >= 11 is 5.39. The molecule has 1 saturated heterocycles. The number of tetrazole rings is 1. The van der Waals surface area contributed by atoms with Crippen molar-refractivity contribution in [3.63, 3.8) is 0 Å². The van der Waals surface area contributed by atoms with Crippen molar-refractivity contribution in [2.45, 2.75) is 29.6 Å². The molecule has 13 nitrogen and oxygen atoms in total. The van der Waals surface area contributed by atoms with Crippen LogP contribution in [0.3, 0.4) is 0 Å². The molecule has 0 radical (unpaired) electrons. The highest BCUT2D eigenvalue weighted by Crippen LogP contribution is 2.43. The summed E-state index contributed by atoms with van der Waals surface area (Å²) in [4.78, 5) is 58.4. The van der Waals surface area contributed by atoms with Crippen LogP contribution in [-0.4, -0.2) is 83.0 Å². The predicted molar refractivity (Wildman–Crippen MR) is 190 cm³/mol. The first-order valence-electron chi connectivity index (χ1n) is 15.0. The third-order valence-electron chi connectivity index (χ3n) is 7.49. The molecule has 2 aromatic heterocycles. The maximum atomic E-state index is 14.3. The first-order valence-corrected chi connectivity index (χ1v) is 19.0. The number of hydrogen-bond donors (Lipinski definition) is 2. The molecule has 0 saturated carbocycles. The number of aryl methyl sites for hydroxylation is 1. The van der Waals surface area contributed by atoms with E-state index in [9.17, 15) is 19.2 Å². The Hall–Kier alpha value is -4.45. The lowest BCUT2D eigenvalue weighted by atomic mass is 10.0. The molecule has 0 aliphatic carbocycles. The minimum atomic E-state index is -0.891. The van der Waals surface area contributed by atoms with E-state index in [2.05, 4.69) is 31.1 Å². The molecule has 0 spiro atoms. The van der Waals surface area contributed by atoms with Gasteiger partial charge in [-0.1, -0.05) is 79.3 Å². The molecule has 252 valence electrons. The number of anilines is 1. The first-order chi connectivity index (χ1) is 23.9. The van der Waals surface area contributed by atoms with E-state index >= 15 is 0 Å². The number of nitrogens with one attached hydrogen (secondary N) is 2. The first kappa shape index (κ1) is 34.4. The number of nitrogens with zero attached hydrogens (tertiary/aromatic N) is 6. The molecular weight excluding hydrogens is 705 g/mol. The Bertz CT molecular complexity index is 1860. The van der Waals surface area contributed by atoms with E-state index in [4.69, 9.17) is 4.74 Å². The summed E-state index contributed by atoms with van der Waals surface area (Å²) in [6.45, 7) is 1.95. The van der Waals surface area contributed by atoms with Gasteiger partial charge in [0.25, 0.3) is 11.8 Å². The number of carbonyl (C=O) groups excluding carboxylic acids is 4. The zero-order valence-corrected chi connectivity index (χ0v) is 29.5. The highest BCUT2D eigenvalue weighted by molar-refractivity contribution is 8.02. The van der Waals surface area contributed by atoms with Crippen LogP contribution < -0.4 is 10.6 Å². The number of carbonyl (C=O) groups is 4. The molecule has 3 amide bonds. The third-order valence-corrected chi connectivity index (χ3v) is 11.4. The van der Waals surface area contributed by atoms with Crippen LogP contribution >= 0.6 is 46.6 Å². The molecule has 6 rings (SSSR count). The van der Waals surface area contributed by atoms with Gasteiger partial charge in [-0.2, -0.15) is 0 Å². The average molecular weight is 735 g/mol. The van der Waals surface area contributed by atoms with E-state index in [0.717, 1.165) is 11.1 Å². The van der Waals surface area contributed by atoms with Gasteiger partial charge in [0.15, 0.2) is 11.2 Å². The summed E-state index contributed by atoms with van der Waals surface area (Å²) in [7, 11) is 1.72. The van der Waals surface area contributed by atoms with Gasteiger partial charge in [0.2, 0.25) is 11.6 Å². The fourth-order valence-electron chi connectivity index (χ4n) is 5.16. The van der Waals surface area contributed by atoms with E-state index in [1.54, 1.807) is 17.8 Å². The molecule has 2 N–H and O–H groups in total. The van der Waals surface area contributed by atoms with Crippen molar-refractivity contribution in [2.75, 3.05) is 22.6 Å². The third kappa shape index (κ3) is 7.59. The zero-order chi connectivity index (χ0) is 34.3. The average Bonchev–Trinajstić information content (AvgIpc) is 3.77. The number of ether oxygens (including phenoxy) is 1. The number of esters is 1. The van der Waals surface area contributed by atoms with Crippen LogP contribution in [0.4, 0.5) is 5.13 Å². The summed E-state index contributed by atoms with van der Waals surface area (Å²) in [6.07, 6.45) is -0.205. The van der Waals surface area contributed by atoms with Gasteiger partial charge in [-0.05, 0) is 38.3 Å². The number of hydrogen-bond acceptors (Lipinski definition) is 13. The molecule has 4 aromatic rings. The Kier molecular flexibility index (Phi) is 11.1. The monoisotopic (exact) mass is 734 g/mol. The maximum absolute atomic E-state index is 14.3. The number of fused-ring (bicyclic) bond motifs is 1. The van der Waals surface area contributed by atoms with E-state index < -0.39 is 35.3 Å². The normalized spacial score (nSPS) is 17.4. The van der Waals surface area contributed by atoms with Crippen molar-refractivity contribution < 1.29 is 23.9 Å². The van der Waals surface area contributed by atoms with E-state index in [-0.39, 0.29) is 11.3 Å². The van der Waals surface area contributed by atoms with Crippen LogP contribution in [-0.2, 0) is 31.0 Å². The number of benzene rings is 2. The second kappa shape index (κ2) is 15.8. The molecule has 2 aliphatic heterocycles. The summed E-state index contributed by atoms with van der Waals surface area (Å²) in [5.41, 5.74) is 3.05. The highest BCUT2D eigenvalue weighted by Gasteiger charge is 2.54. The number of thiazole rings is 1. The fourth-order valence-corrected chi connectivity index (χ4v) is 8.72. The number of aromatic nitrogens is 5. The maximum Gasteiger partial charge on any atom is 0.356 e. The lowest BCUT2D eigenvalue weighted by molar-refractivity contribution is -0.154. The Labute approximate surface area is 298 Å². The van der Waals surface area contributed by atoms with Crippen molar-refractivity contribution >= 4 is 81.5 Å². The van der Waals surface area contributed by atoms with Gasteiger partial charge < -0.3 is 15.4 Å². The zero-order valence-electron chi connectivity index (χ0n) is 26.2. The lowest BCUT2D eigenvalue weighted by Crippen LogP contribution is -2.70. The van der Waals surface area contributed by atoms with Gasteiger partial charge in [-0.3, -0.25) is 19.3 Å². The van der Waals surface area contributed by atoms with Gasteiger partial charge in [0, 0.05) is 23.9 Å². The van der Waals surface area contributed by atoms with Crippen LogP contribution in [0.5, 0.6) is 0 Å². The van der Waals surface area contributed by atoms with Gasteiger partial charge in [-0.25, -0.2) is 14.5 Å². The van der Waals surface area contributed by atoms with Crippen LogP contribution in [0.1, 0.15) is 29.8 Å². The van der Waals surface area contributed by atoms with Gasteiger partial charge in [0.05, 0.1) is 11.3 Å². The number of rotatable bonds is 14. The molecule has 2 atom stereocenters. The molecule has 2 aliphatic rings. The predicted octanol–water partition coefficient (Wildman–Crippen LogP) is 4.11. The molecule has 1 unspecified atom stereocenters. The SMILES string of the molecule is CCSC=C(C(=O)NC1C(=O)N2C(C(=O)OC(c3ccccc3)c3ccccc3)=C(CSc3nnnn3C)CS[C@H]12)c1csc(NC=O)n1. The minimum absolute atomic E-state index is 0.153. The van der Waals surface area contributed by atoms with Crippen molar-refractivity contribution in [1.29, 1.82) is 0 Å². The van der Waals surface area contributed by atoms with E-state index in [1.807, 2.05) is 67.6 Å². The summed E-state index contributed by atoms with van der Waals surface area (Å²) in [5, 5.41) is 20.7. The fraction of sp³-hybridized carbons (Fsp3) is 0.250. The molecule has 4 heterocycles. The molecule has 17 heteroatoms. The number of thioether (sulfide) groups is 3. The summed E-state index contributed by atoms with van der Waals surface area (Å²) in [6, 6.07) is 17.9. The van der Waals surface area contributed by atoms with Gasteiger partial charge in [-0.15, -0.1) is 40.0 Å². The Balaban J connectivity index is 1.27. The number of β-lactam (4-membered cyclic amide) rings is 1. The standard InChI is InChI=1S/C32H30N8O5S4/c1-3-46-16-22(23-17-48-31(34-23)33-18-41)27(42)35-24-28(43)40-25(21(14-47-29(24)40)15-49-32-36-37-38-39(32)2)30(44)45-26(19-10-6-4-7-11-19)20-12-8-5-9-13-20/h4-13,16-18,24,26,29H,3,14-15H2,1-2H3,(H,35,42)(H,33,34,41)/t24?,29-/m1/s1. The topological polar surface area (TPSA) is 161 Å². The Morgan fingerprint density at radius 2 is 1.84 bits per heavy atom. The quantitative estimate of drug-likeness (QED) is 0.0629. The Morgan fingerprint density at radius 1 is 1.12 bits per heavy atom. The Morgan fingerprint density at radius 3 is 2.47 bits per heavy atom. The second-order valence-electron chi connectivity index (χ2n) is 10.6. The molecule has 2 aromatic carbocycles. The smallest absolute Gasteiger partial charge is 0.356 e. The molecule has 0 bridgehead atoms. The van der Waals surface area contributed by atoms with Gasteiger partial charge >= 0.3 is 5.97 Å².